The topological polar surface area (TPSA) is 62.8 Å². The zero-order valence-electron chi connectivity index (χ0n) is 13.5. The Morgan fingerprint density at radius 1 is 1.00 bits per heavy atom. The van der Waals surface area contributed by atoms with Gasteiger partial charge in [0.05, 0.1) is 19.8 Å². The molecule has 0 aliphatic carbocycles. The third-order valence-corrected chi connectivity index (χ3v) is 3.76. The Morgan fingerprint density at radius 2 is 1.64 bits per heavy atom. The second-order valence-electron chi connectivity index (χ2n) is 4.76. The smallest absolute Gasteiger partial charge is 0.162 e. The van der Waals surface area contributed by atoms with E-state index < -0.39 is 0 Å². The third-order valence-electron chi connectivity index (χ3n) is 3.02. The van der Waals surface area contributed by atoms with Crippen molar-refractivity contribution in [3.05, 3.63) is 22.2 Å². The van der Waals surface area contributed by atoms with Crippen LogP contribution in [0, 0.1) is 0 Å². The highest BCUT2D eigenvalue weighted by Crippen LogP contribution is 2.33. The Morgan fingerprint density at radius 3 is 2.27 bits per heavy atom. The van der Waals surface area contributed by atoms with Crippen LogP contribution in [-0.2, 0) is 6.54 Å². The molecule has 0 spiro atoms. The van der Waals surface area contributed by atoms with Gasteiger partial charge in [-0.2, -0.15) is 0 Å². The molecule has 0 bridgehead atoms. The molecule has 0 aliphatic heterocycles. The summed E-state index contributed by atoms with van der Waals surface area (Å²) in [6, 6.07) is 3.99. The molecule has 0 fully saturated rings. The van der Waals surface area contributed by atoms with E-state index in [4.69, 9.17) is 14.6 Å². The molecule has 0 saturated carbocycles. The number of ether oxygens (including phenoxy) is 2. The highest BCUT2D eigenvalue weighted by atomic mass is 79.9. The van der Waals surface area contributed by atoms with Crippen LogP contribution in [0.15, 0.2) is 16.6 Å². The first-order valence-electron chi connectivity index (χ1n) is 7.83. The monoisotopic (exact) mass is 374 g/mol. The van der Waals surface area contributed by atoms with E-state index in [0.717, 1.165) is 47.6 Å². The summed E-state index contributed by atoms with van der Waals surface area (Å²) in [6.45, 7) is 8.60. The van der Waals surface area contributed by atoms with E-state index in [2.05, 4.69) is 26.6 Å². The number of hydrogen-bond donors (Lipinski definition) is 3. The first kappa shape index (κ1) is 19.2. The maximum absolute atomic E-state index is 8.67. The van der Waals surface area contributed by atoms with Crippen LogP contribution in [-0.4, -0.2) is 44.6 Å². The molecule has 0 unspecified atom stereocenters. The van der Waals surface area contributed by atoms with Crippen LogP contribution in [0.5, 0.6) is 11.5 Å². The summed E-state index contributed by atoms with van der Waals surface area (Å²) >= 11 is 3.59. The molecular formula is C16H27BrN2O3. The summed E-state index contributed by atoms with van der Waals surface area (Å²) in [5.41, 5.74) is 1.15. The van der Waals surface area contributed by atoms with Crippen molar-refractivity contribution in [2.45, 2.75) is 26.8 Å². The van der Waals surface area contributed by atoms with E-state index in [1.165, 1.54) is 0 Å². The van der Waals surface area contributed by atoms with Crippen molar-refractivity contribution in [2.24, 2.45) is 0 Å². The van der Waals surface area contributed by atoms with Crippen molar-refractivity contribution in [2.75, 3.05) is 39.5 Å². The average Bonchev–Trinajstić information content (AvgIpc) is 2.50. The van der Waals surface area contributed by atoms with Crippen molar-refractivity contribution in [1.82, 2.24) is 10.6 Å². The van der Waals surface area contributed by atoms with Crippen LogP contribution in [0.1, 0.15) is 25.8 Å². The third kappa shape index (κ3) is 6.96. The number of aliphatic hydroxyl groups is 1. The van der Waals surface area contributed by atoms with E-state index in [9.17, 15) is 0 Å². The molecular weight excluding hydrogens is 348 g/mol. The summed E-state index contributed by atoms with van der Waals surface area (Å²) in [5, 5.41) is 15.2. The van der Waals surface area contributed by atoms with E-state index >= 15 is 0 Å². The normalized spacial score (nSPS) is 10.7. The van der Waals surface area contributed by atoms with Crippen LogP contribution in [0.4, 0.5) is 0 Å². The fraction of sp³-hybridized carbons (Fsp3) is 0.625. The number of benzene rings is 1. The standard InChI is InChI=1S/C16H27BrN2O3/c1-3-21-15-10-13(14(17)11-16(15)22-4-2)12-19-7-5-6-18-8-9-20/h10-11,18-20H,3-9,12H2,1-2H3. The molecule has 1 rings (SSSR count). The summed E-state index contributed by atoms with van der Waals surface area (Å²) < 4.78 is 12.3. The minimum absolute atomic E-state index is 0.187. The SMILES string of the molecule is CCOc1cc(Br)c(CNCCCNCCO)cc1OCC. The minimum Gasteiger partial charge on any atom is -0.490 e. The predicted octanol–water partition coefficient (Wildman–Crippen LogP) is 2.31. The number of aliphatic hydroxyl groups excluding tert-OH is 1. The molecule has 0 amide bonds. The van der Waals surface area contributed by atoms with Gasteiger partial charge >= 0.3 is 0 Å². The van der Waals surface area contributed by atoms with Gasteiger partial charge in [0.1, 0.15) is 0 Å². The summed E-state index contributed by atoms with van der Waals surface area (Å²) in [7, 11) is 0. The number of hydrogen-bond acceptors (Lipinski definition) is 5. The summed E-state index contributed by atoms with van der Waals surface area (Å²) in [4.78, 5) is 0. The van der Waals surface area contributed by atoms with Crippen LogP contribution in [0.2, 0.25) is 0 Å². The molecule has 0 aromatic heterocycles. The van der Waals surface area contributed by atoms with Gasteiger partial charge in [0, 0.05) is 17.6 Å². The molecule has 5 nitrogen and oxygen atoms in total. The van der Waals surface area contributed by atoms with Gasteiger partial charge in [0.25, 0.3) is 0 Å². The minimum atomic E-state index is 0.187. The molecule has 6 heteroatoms. The van der Waals surface area contributed by atoms with Gasteiger partial charge in [0.2, 0.25) is 0 Å². The molecule has 22 heavy (non-hydrogen) atoms. The lowest BCUT2D eigenvalue weighted by molar-refractivity contribution is 0.287. The molecule has 0 heterocycles. The molecule has 0 atom stereocenters. The van der Waals surface area contributed by atoms with E-state index in [1.54, 1.807) is 0 Å². The lowest BCUT2D eigenvalue weighted by atomic mass is 10.2. The van der Waals surface area contributed by atoms with Gasteiger partial charge in [-0.05, 0) is 51.1 Å². The van der Waals surface area contributed by atoms with Crippen LogP contribution >= 0.6 is 15.9 Å². The van der Waals surface area contributed by atoms with E-state index in [-0.39, 0.29) is 6.61 Å². The summed E-state index contributed by atoms with van der Waals surface area (Å²) in [5.74, 6) is 1.56. The first-order valence-corrected chi connectivity index (χ1v) is 8.62. The number of nitrogens with one attached hydrogen (secondary N) is 2. The molecule has 126 valence electrons. The van der Waals surface area contributed by atoms with Crippen LogP contribution in [0.3, 0.4) is 0 Å². The van der Waals surface area contributed by atoms with E-state index in [1.807, 2.05) is 26.0 Å². The molecule has 0 radical (unpaired) electrons. The molecule has 0 aliphatic rings. The Hall–Kier alpha value is -0.820. The summed E-state index contributed by atoms with van der Waals surface area (Å²) in [6.07, 6.45) is 1.02. The van der Waals surface area contributed by atoms with Gasteiger partial charge in [-0.15, -0.1) is 0 Å². The lowest BCUT2D eigenvalue weighted by Gasteiger charge is -2.14. The number of rotatable bonds is 12. The van der Waals surface area contributed by atoms with Crippen molar-refractivity contribution >= 4 is 15.9 Å². The first-order chi connectivity index (χ1) is 10.7. The van der Waals surface area contributed by atoms with Crippen molar-refractivity contribution in [3.8, 4) is 11.5 Å². The maximum Gasteiger partial charge on any atom is 0.162 e. The highest BCUT2D eigenvalue weighted by Gasteiger charge is 2.10. The van der Waals surface area contributed by atoms with Crippen molar-refractivity contribution in [3.63, 3.8) is 0 Å². The largest absolute Gasteiger partial charge is 0.490 e. The van der Waals surface area contributed by atoms with Gasteiger partial charge in [-0.3, -0.25) is 0 Å². The van der Waals surface area contributed by atoms with Gasteiger partial charge < -0.3 is 25.2 Å². The van der Waals surface area contributed by atoms with Gasteiger partial charge in [-0.1, -0.05) is 15.9 Å². The van der Waals surface area contributed by atoms with Crippen molar-refractivity contribution in [1.29, 1.82) is 0 Å². The quantitative estimate of drug-likeness (QED) is 0.490. The van der Waals surface area contributed by atoms with Gasteiger partial charge in [0.15, 0.2) is 11.5 Å². The second kappa shape index (κ2) is 11.7. The predicted molar refractivity (Wildman–Crippen MR) is 92.8 cm³/mol. The highest BCUT2D eigenvalue weighted by molar-refractivity contribution is 9.10. The fourth-order valence-corrected chi connectivity index (χ4v) is 2.48. The zero-order chi connectivity index (χ0) is 16.2. The van der Waals surface area contributed by atoms with Crippen molar-refractivity contribution < 1.29 is 14.6 Å². The zero-order valence-corrected chi connectivity index (χ0v) is 15.0. The van der Waals surface area contributed by atoms with Crippen LogP contribution < -0.4 is 20.1 Å². The average molecular weight is 375 g/mol. The van der Waals surface area contributed by atoms with Crippen LogP contribution in [0.25, 0.3) is 0 Å². The molecule has 3 N–H and O–H groups in total. The lowest BCUT2D eigenvalue weighted by Crippen LogP contribution is -2.24. The second-order valence-corrected chi connectivity index (χ2v) is 5.61. The molecule has 0 saturated heterocycles. The Labute approximate surface area is 141 Å². The Kier molecular flexibility index (Phi) is 10.2. The molecule has 1 aromatic rings. The van der Waals surface area contributed by atoms with Gasteiger partial charge in [-0.25, -0.2) is 0 Å². The fourth-order valence-electron chi connectivity index (χ4n) is 2.01. The Bertz CT molecular complexity index is 430. The number of halogens is 1. The maximum atomic E-state index is 8.67. The Balaban J connectivity index is 2.50. The molecule has 1 aromatic carbocycles. The van der Waals surface area contributed by atoms with E-state index in [0.29, 0.717) is 19.8 Å².